The zero-order valence-corrected chi connectivity index (χ0v) is 17.3. The monoisotopic (exact) mass is 453 g/mol. The van der Waals surface area contributed by atoms with E-state index >= 15 is 0 Å². The number of ether oxygens (including phenoxy) is 4. The van der Waals surface area contributed by atoms with Crippen molar-refractivity contribution in [1.29, 1.82) is 0 Å². The molecule has 1 saturated carbocycles. The van der Waals surface area contributed by atoms with Crippen LogP contribution in [0.3, 0.4) is 0 Å². The third kappa shape index (κ3) is 4.89. The summed E-state index contributed by atoms with van der Waals surface area (Å²) < 4.78 is 22.7. The lowest BCUT2D eigenvalue weighted by Gasteiger charge is -2.47. The lowest BCUT2D eigenvalue weighted by molar-refractivity contribution is -0.312. The third-order valence-electron chi connectivity index (χ3n) is 6.37. The van der Waals surface area contributed by atoms with Crippen LogP contribution in [0.1, 0.15) is 13.3 Å². The van der Waals surface area contributed by atoms with Crippen molar-refractivity contribution in [3.63, 3.8) is 0 Å². The van der Waals surface area contributed by atoms with Crippen LogP contribution in [0, 0.1) is 5.92 Å². The average molecular weight is 453 g/mol. The van der Waals surface area contributed by atoms with Gasteiger partial charge < -0.3 is 66.8 Å². The Kier molecular flexibility index (Phi) is 8.24. The molecule has 5 unspecified atom stereocenters. The molecule has 0 spiro atoms. The maximum Gasteiger partial charge on any atom is 0.187 e. The second-order valence-electron chi connectivity index (χ2n) is 8.61. The molecule has 0 aromatic carbocycles. The van der Waals surface area contributed by atoms with Crippen molar-refractivity contribution in [3.8, 4) is 0 Å². The molecule has 2 saturated heterocycles. The van der Waals surface area contributed by atoms with Crippen molar-refractivity contribution in [2.24, 2.45) is 23.1 Å². The summed E-state index contributed by atoms with van der Waals surface area (Å²) in [5, 5.41) is 60.6. The summed E-state index contributed by atoms with van der Waals surface area (Å²) in [5.41, 5.74) is 17.7. The fraction of sp³-hybridized carbons (Fsp3) is 1.00. The zero-order chi connectivity index (χ0) is 23.0. The van der Waals surface area contributed by atoms with Crippen LogP contribution in [0.25, 0.3) is 0 Å². The van der Waals surface area contributed by atoms with Gasteiger partial charge in [-0.2, -0.15) is 0 Å². The summed E-state index contributed by atoms with van der Waals surface area (Å²) in [6.45, 7) is 1.14. The van der Waals surface area contributed by atoms with Gasteiger partial charge in [0.2, 0.25) is 0 Å². The van der Waals surface area contributed by atoms with E-state index in [1.165, 1.54) is 0 Å². The highest BCUT2D eigenvalue weighted by Crippen LogP contribution is 2.34. The first-order valence-corrected chi connectivity index (χ1v) is 10.4. The highest BCUT2D eigenvalue weighted by atomic mass is 16.7. The van der Waals surface area contributed by atoms with E-state index in [-0.39, 0.29) is 12.5 Å². The predicted molar refractivity (Wildman–Crippen MR) is 103 cm³/mol. The van der Waals surface area contributed by atoms with Gasteiger partial charge in [0.05, 0.1) is 18.8 Å². The predicted octanol–water partition coefficient (Wildman–Crippen LogP) is -5.34. The SMILES string of the molecule is C[C@@H]1CC(N)[C@@H](O[C@H]2OC(CO)[C@@H](O)[C@H](O)C2N)[C@H](O[C@@H]2O[C@H](CN)[C@H](O)C2O)C1O. The maximum atomic E-state index is 10.8. The topological polar surface area (TPSA) is 236 Å². The number of rotatable bonds is 6. The van der Waals surface area contributed by atoms with E-state index in [9.17, 15) is 30.6 Å². The van der Waals surface area contributed by atoms with E-state index in [1.807, 2.05) is 0 Å². The number of hydrogen-bond acceptors (Lipinski definition) is 13. The fourth-order valence-corrected chi connectivity index (χ4v) is 4.36. The lowest BCUT2D eigenvalue weighted by Crippen LogP contribution is -2.66. The van der Waals surface area contributed by atoms with Gasteiger partial charge in [-0.05, 0) is 12.3 Å². The average Bonchev–Trinajstić information content (AvgIpc) is 3.02. The number of aliphatic hydroxyl groups is 6. The van der Waals surface area contributed by atoms with Crippen molar-refractivity contribution in [2.75, 3.05) is 13.2 Å². The molecule has 0 aromatic heterocycles. The Morgan fingerprint density at radius 1 is 0.806 bits per heavy atom. The molecule has 12 N–H and O–H groups in total. The molecule has 3 fully saturated rings. The van der Waals surface area contributed by atoms with Crippen LogP contribution in [0.4, 0.5) is 0 Å². The molecule has 0 amide bonds. The molecule has 13 heteroatoms. The van der Waals surface area contributed by atoms with Crippen LogP contribution in [0.2, 0.25) is 0 Å². The van der Waals surface area contributed by atoms with E-state index < -0.39 is 86.2 Å². The Balaban J connectivity index is 1.78. The van der Waals surface area contributed by atoms with Crippen molar-refractivity contribution in [1.82, 2.24) is 0 Å². The standard InChI is InChI=1S/C18H35N3O10/c1-5-2-6(20)15(30-17-9(21)13(26)12(25)8(4-22)29-17)16(10(5)23)31-18-14(27)11(24)7(3-19)28-18/h5-18,22-27H,2-4,19-21H2,1H3/t5-,6?,7-,8?,9?,10?,11+,12-,13-,14?,15-,16-,17-,18+/m1/s1. The summed E-state index contributed by atoms with van der Waals surface area (Å²) in [4.78, 5) is 0. The summed E-state index contributed by atoms with van der Waals surface area (Å²) in [6.07, 6.45) is -12.9. The molecule has 0 radical (unpaired) electrons. The van der Waals surface area contributed by atoms with Crippen LogP contribution < -0.4 is 17.2 Å². The molecule has 14 atom stereocenters. The van der Waals surface area contributed by atoms with Crippen molar-refractivity contribution >= 4 is 0 Å². The van der Waals surface area contributed by atoms with Crippen molar-refractivity contribution in [3.05, 3.63) is 0 Å². The van der Waals surface area contributed by atoms with Crippen LogP contribution in [0.5, 0.6) is 0 Å². The minimum Gasteiger partial charge on any atom is -0.394 e. The molecule has 31 heavy (non-hydrogen) atoms. The minimum atomic E-state index is -1.43. The summed E-state index contributed by atoms with van der Waals surface area (Å²) in [6, 6.07) is -1.82. The Morgan fingerprint density at radius 3 is 1.97 bits per heavy atom. The first-order chi connectivity index (χ1) is 14.6. The Hall–Kier alpha value is -0.520. The minimum absolute atomic E-state index is 0.0469. The number of aliphatic hydroxyl groups excluding tert-OH is 6. The van der Waals surface area contributed by atoms with Gasteiger partial charge in [0.25, 0.3) is 0 Å². The summed E-state index contributed by atoms with van der Waals surface area (Å²) in [7, 11) is 0. The first-order valence-electron chi connectivity index (χ1n) is 10.4. The Bertz CT molecular complexity index is 589. The van der Waals surface area contributed by atoms with E-state index in [0.717, 1.165) is 0 Å². The van der Waals surface area contributed by atoms with Gasteiger partial charge in [0.15, 0.2) is 12.6 Å². The molecular weight excluding hydrogens is 418 g/mol. The Labute approximate surface area is 179 Å². The first kappa shape index (κ1) is 25.1. The Morgan fingerprint density at radius 2 is 1.39 bits per heavy atom. The van der Waals surface area contributed by atoms with Gasteiger partial charge in [-0.15, -0.1) is 0 Å². The molecule has 2 heterocycles. The van der Waals surface area contributed by atoms with Crippen LogP contribution in [0.15, 0.2) is 0 Å². The molecule has 0 bridgehead atoms. The fourth-order valence-electron chi connectivity index (χ4n) is 4.36. The van der Waals surface area contributed by atoms with Crippen LogP contribution >= 0.6 is 0 Å². The van der Waals surface area contributed by atoms with Crippen LogP contribution in [-0.4, -0.2) is 123 Å². The molecule has 0 aromatic rings. The highest BCUT2D eigenvalue weighted by molar-refractivity contribution is 4.99. The van der Waals surface area contributed by atoms with Crippen LogP contribution in [-0.2, 0) is 18.9 Å². The van der Waals surface area contributed by atoms with E-state index in [0.29, 0.717) is 6.42 Å². The van der Waals surface area contributed by atoms with Crippen molar-refractivity contribution < 1.29 is 49.6 Å². The quantitative estimate of drug-likeness (QED) is 0.183. The van der Waals surface area contributed by atoms with Gasteiger partial charge >= 0.3 is 0 Å². The highest BCUT2D eigenvalue weighted by Gasteiger charge is 2.51. The normalized spacial score (nSPS) is 53.6. The second-order valence-corrected chi connectivity index (χ2v) is 8.61. The van der Waals surface area contributed by atoms with Gasteiger partial charge in [0.1, 0.15) is 48.8 Å². The summed E-state index contributed by atoms with van der Waals surface area (Å²) >= 11 is 0. The van der Waals surface area contributed by atoms with Gasteiger partial charge in [-0.3, -0.25) is 0 Å². The smallest absolute Gasteiger partial charge is 0.187 e. The molecule has 13 nitrogen and oxygen atoms in total. The zero-order valence-electron chi connectivity index (χ0n) is 17.3. The molecule has 3 aliphatic rings. The number of nitrogens with two attached hydrogens (primary N) is 3. The molecule has 1 aliphatic carbocycles. The number of hydrogen-bond donors (Lipinski definition) is 9. The largest absolute Gasteiger partial charge is 0.394 e. The molecule has 3 rings (SSSR count). The summed E-state index contributed by atoms with van der Waals surface area (Å²) in [5.74, 6) is -0.285. The van der Waals surface area contributed by atoms with E-state index in [2.05, 4.69) is 0 Å². The molecular formula is C18H35N3O10. The molecule has 182 valence electrons. The third-order valence-corrected chi connectivity index (χ3v) is 6.37. The van der Waals surface area contributed by atoms with Gasteiger partial charge in [-0.1, -0.05) is 6.92 Å². The van der Waals surface area contributed by atoms with E-state index in [1.54, 1.807) is 6.92 Å². The maximum absolute atomic E-state index is 10.8. The molecule has 2 aliphatic heterocycles. The van der Waals surface area contributed by atoms with Crippen molar-refractivity contribution in [2.45, 2.75) is 92.9 Å². The van der Waals surface area contributed by atoms with E-state index in [4.69, 9.17) is 36.1 Å². The second kappa shape index (κ2) is 10.2. The lowest BCUT2D eigenvalue weighted by atomic mass is 9.80. The van der Waals surface area contributed by atoms with Gasteiger partial charge in [0, 0.05) is 12.6 Å². The van der Waals surface area contributed by atoms with Gasteiger partial charge in [-0.25, -0.2) is 0 Å².